The Morgan fingerprint density at radius 2 is 1.90 bits per heavy atom. The van der Waals surface area contributed by atoms with Gasteiger partial charge in [0.2, 0.25) is 6.41 Å². The maximum absolute atomic E-state index is 13.5. The van der Waals surface area contributed by atoms with Crippen molar-refractivity contribution in [1.82, 2.24) is 5.32 Å². The minimum Gasteiger partial charge on any atom is -0.329 e. The predicted octanol–water partition coefficient (Wildman–Crippen LogP) is 3.04. The van der Waals surface area contributed by atoms with Gasteiger partial charge in [0.1, 0.15) is 5.82 Å². The van der Waals surface area contributed by atoms with E-state index in [1.54, 1.807) is 12.1 Å². The van der Waals surface area contributed by atoms with Gasteiger partial charge in [0.25, 0.3) is 0 Å². The monoisotopic (exact) mass is 284 g/mol. The van der Waals surface area contributed by atoms with Gasteiger partial charge in [-0.3, -0.25) is 4.79 Å². The molecule has 2 aromatic rings. The Morgan fingerprint density at radius 1 is 1.14 bits per heavy atom. The van der Waals surface area contributed by atoms with Crippen LogP contribution in [0.1, 0.15) is 23.5 Å². The summed E-state index contributed by atoms with van der Waals surface area (Å²) in [6.45, 7) is 0.554. The summed E-state index contributed by atoms with van der Waals surface area (Å²) >= 11 is 0. The fraction of sp³-hybridized carbons (Fsp3) is 0.235. The molecular weight excluding hydrogens is 267 g/mol. The second kappa shape index (κ2) is 6.06. The summed E-state index contributed by atoms with van der Waals surface area (Å²) in [6.07, 6.45) is 1.74. The van der Waals surface area contributed by atoms with Gasteiger partial charge < -0.3 is 10.6 Å². The van der Waals surface area contributed by atoms with Gasteiger partial charge in [0.05, 0.1) is 0 Å². The number of carbonyl (C=O) groups is 1. The van der Waals surface area contributed by atoms with Crippen molar-refractivity contribution in [3.8, 4) is 0 Å². The summed E-state index contributed by atoms with van der Waals surface area (Å²) in [7, 11) is 0. The quantitative estimate of drug-likeness (QED) is 0.801. The Hall–Kier alpha value is -2.20. The van der Waals surface area contributed by atoms with Gasteiger partial charge in [0.15, 0.2) is 0 Å². The fourth-order valence-corrected chi connectivity index (χ4v) is 2.57. The second-order valence-corrected chi connectivity index (χ2v) is 5.31. The Morgan fingerprint density at radius 3 is 2.62 bits per heavy atom. The zero-order valence-electron chi connectivity index (χ0n) is 11.6. The standard InChI is InChI=1S/C17H17FN2O/c18-16-4-2-1-3-13(16)10-19-17-9-15(17)12-5-7-14(8-6-12)20-11-21/h1-8,11,15,17,19H,9-10H2,(H,20,21). The van der Waals surface area contributed by atoms with Crippen LogP contribution in [0.15, 0.2) is 48.5 Å². The molecule has 108 valence electrons. The molecule has 1 aliphatic rings. The van der Waals surface area contributed by atoms with Crippen LogP contribution < -0.4 is 10.6 Å². The molecule has 21 heavy (non-hydrogen) atoms. The molecule has 0 spiro atoms. The minimum atomic E-state index is -0.161. The highest BCUT2D eigenvalue weighted by molar-refractivity contribution is 5.71. The van der Waals surface area contributed by atoms with Gasteiger partial charge in [-0.2, -0.15) is 0 Å². The van der Waals surface area contributed by atoms with Crippen molar-refractivity contribution in [1.29, 1.82) is 0 Å². The van der Waals surface area contributed by atoms with E-state index in [-0.39, 0.29) is 5.82 Å². The number of hydrogen-bond acceptors (Lipinski definition) is 2. The number of hydrogen-bond donors (Lipinski definition) is 2. The van der Waals surface area contributed by atoms with E-state index in [0.29, 0.717) is 30.5 Å². The molecule has 1 saturated carbocycles. The zero-order valence-corrected chi connectivity index (χ0v) is 11.6. The molecule has 0 bridgehead atoms. The van der Waals surface area contributed by atoms with Gasteiger partial charge >= 0.3 is 0 Å². The Labute approximate surface area is 123 Å². The zero-order chi connectivity index (χ0) is 14.7. The highest BCUT2D eigenvalue weighted by Gasteiger charge is 2.37. The van der Waals surface area contributed by atoms with Crippen molar-refractivity contribution in [2.45, 2.75) is 24.9 Å². The lowest BCUT2D eigenvalue weighted by atomic mass is 10.1. The maximum Gasteiger partial charge on any atom is 0.211 e. The highest BCUT2D eigenvalue weighted by atomic mass is 19.1. The van der Waals surface area contributed by atoms with Gasteiger partial charge in [-0.05, 0) is 30.2 Å². The molecule has 0 aliphatic heterocycles. The van der Waals surface area contributed by atoms with Crippen LogP contribution in [-0.4, -0.2) is 12.5 Å². The molecular formula is C17H17FN2O. The number of nitrogens with one attached hydrogen (secondary N) is 2. The minimum absolute atomic E-state index is 0.161. The van der Waals surface area contributed by atoms with Gasteiger partial charge in [0, 0.05) is 29.8 Å². The Balaban J connectivity index is 1.54. The van der Waals surface area contributed by atoms with Crippen molar-refractivity contribution in [3.63, 3.8) is 0 Å². The molecule has 3 nitrogen and oxygen atoms in total. The SMILES string of the molecule is O=CNc1ccc(C2CC2NCc2ccccc2F)cc1. The highest BCUT2D eigenvalue weighted by Crippen LogP contribution is 2.41. The third-order valence-electron chi connectivity index (χ3n) is 3.87. The van der Waals surface area contributed by atoms with Crippen LogP contribution in [0, 0.1) is 5.82 Å². The molecule has 1 amide bonds. The summed E-state index contributed by atoms with van der Waals surface area (Å²) in [5.41, 5.74) is 2.75. The van der Waals surface area contributed by atoms with Crippen LogP contribution in [0.25, 0.3) is 0 Å². The average Bonchev–Trinajstić information content (AvgIpc) is 3.27. The third kappa shape index (κ3) is 3.28. The van der Waals surface area contributed by atoms with Crippen molar-refractivity contribution >= 4 is 12.1 Å². The number of anilines is 1. The maximum atomic E-state index is 13.5. The molecule has 0 aromatic heterocycles. The van der Waals surface area contributed by atoms with Crippen LogP contribution in [0.4, 0.5) is 10.1 Å². The van der Waals surface area contributed by atoms with Crippen LogP contribution in [0.3, 0.4) is 0 Å². The van der Waals surface area contributed by atoms with E-state index < -0.39 is 0 Å². The van der Waals surface area contributed by atoms with E-state index in [1.165, 1.54) is 11.6 Å². The van der Waals surface area contributed by atoms with E-state index in [2.05, 4.69) is 10.6 Å². The lowest BCUT2D eigenvalue weighted by molar-refractivity contribution is -0.105. The van der Waals surface area contributed by atoms with Crippen LogP contribution in [-0.2, 0) is 11.3 Å². The fourth-order valence-electron chi connectivity index (χ4n) is 2.57. The molecule has 4 heteroatoms. The van der Waals surface area contributed by atoms with Crippen molar-refractivity contribution in [3.05, 3.63) is 65.5 Å². The molecule has 2 atom stereocenters. The van der Waals surface area contributed by atoms with Gasteiger partial charge in [-0.15, -0.1) is 0 Å². The lowest BCUT2D eigenvalue weighted by Gasteiger charge is -2.06. The van der Waals surface area contributed by atoms with Crippen molar-refractivity contribution in [2.75, 3.05) is 5.32 Å². The van der Waals surface area contributed by atoms with Crippen LogP contribution in [0.5, 0.6) is 0 Å². The first-order valence-corrected chi connectivity index (χ1v) is 7.05. The molecule has 0 heterocycles. The Bertz CT molecular complexity index is 627. The normalized spacial score (nSPS) is 20.0. The number of rotatable bonds is 6. The number of benzene rings is 2. The predicted molar refractivity (Wildman–Crippen MR) is 80.5 cm³/mol. The summed E-state index contributed by atoms with van der Waals surface area (Å²) in [4.78, 5) is 10.4. The summed E-state index contributed by atoms with van der Waals surface area (Å²) < 4.78 is 13.5. The van der Waals surface area contributed by atoms with Gasteiger partial charge in [-0.25, -0.2) is 4.39 Å². The molecule has 2 N–H and O–H groups in total. The molecule has 3 rings (SSSR count). The summed E-state index contributed by atoms with van der Waals surface area (Å²) in [5.74, 6) is 0.313. The van der Waals surface area contributed by atoms with E-state index in [4.69, 9.17) is 0 Å². The summed E-state index contributed by atoms with van der Waals surface area (Å²) in [6, 6.07) is 15.1. The van der Waals surface area contributed by atoms with Crippen LogP contribution >= 0.6 is 0 Å². The van der Waals surface area contributed by atoms with E-state index in [0.717, 1.165) is 12.1 Å². The van der Waals surface area contributed by atoms with E-state index in [1.807, 2.05) is 30.3 Å². The van der Waals surface area contributed by atoms with Crippen molar-refractivity contribution in [2.24, 2.45) is 0 Å². The third-order valence-corrected chi connectivity index (χ3v) is 3.87. The average molecular weight is 284 g/mol. The van der Waals surface area contributed by atoms with E-state index >= 15 is 0 Å². The smallest absolute Gasteiger partial charge is 0.211 e. The molecule has 2 unspecified atom stereocenters. The molecule has 0 radical (unpaired) electrons. The lowest BCUT2D eigenvalue weighted by Crippen LogP contribution is -2.18. The number of amides is 1. The first-order chi connectivity index (χ1) is 10.3. The van der Waals surface area contributed by atoms with Gasteiger partial charge in [-0.1, -0.05) is 30.3 Å². The Kier molecular flexibility index (Phi) is 3.97. The molecule has 0 saturated heterocycles. The topological polar surface area (TPSA) is 41.1 Å². The molecule has 1 fully saturated rings. The number of carbonyl (C=O) groups excluding carboxylic acids is 1. The number of halogens is 1. The van der Waals surface area contributed by atoms with Crippen LogP contribution in [0.2, 0.25) is 0 Å². The van der Waals surface area contributed by atoms with E-state index in [9.17, 15) is 9.18 Å². The summed E-state index contributed by atoms with van der Waals surface area (Å²) in [5, 5.41) is 6.01. The van der Waals surface area contributed by atoms with Crippen molar-refractivity contribution < 1.29 is 9.18 Å². The molecule has 1 aliphatic carbocycles. The largest absolute Gasteiger partial charge is 0.329 e. The first kappa shape index (κ1) is 13.8. The first-order valence-electron chi connectivity index (χ1n) is 7.05. The molecule has 2 aromatic carbocycles. The second-order valence-electron chi connectivity index (χ2n) is 5.31.